The fraction of sp³-hybridized carbons (Fsp3) is 0.200. The number of rotatable bonds is 7. The van der Waals surface area contributed by atoms with E-state index < -0.39 is 15.9 Å². The first kappa shape index (κ1) is 19.6. The Morgan fingerprint density at radius 3 is 2.57 bits per heavy atom. The predicted octanol–water partition coefficient (Wildman–Crippen LogP) is 2.48. The van der Waals surface area contributed by atoms with E-state index in [0.29, 0.717) is 17.7 Å². The van der Waals surface area contributed by atoms with E-state index in [0.717, 1.165) is 27.0 Å². The molecule has 1 heterocycles. The molecule has 2 aromatic carbocycles. The van der Waals surface area contributed by atoms with Crippen molar-refractivity contribution >= 4 is 32.5 Å². The Balaban J connectivity index is 1.66. The number of anilines is 1. The van der Waals surface area contributed by atoms with Crippen molar-refractivity contribution in [1.29, 1.82) is 5.26 Å². The number of fused-ring (bicyclic) bond motifs is 1. The van der Waals surface area contributed by atoms with Crippen LogP contribution in [-0.4, -0.2) is 43.0 Å². The van der Waals surface area contributed by atoms with Crippen LogP contribution in [0.4, 0.5) is 5.69 Å². The average molecular weight is 396 g/mol. The number of hydrogen-bond donors (Lipinski definition) is 2. The van der Waals surface area contributed by atoms with Gasteiger partial charge in [0.25, 0.3) is 0 Å². The second kappa shape index (κ2) is 8.25. The Hall–Kier alpha value is -3.15. The fourth-order valence-corrected chi connectivity index (χ4v) is 3.71. The number of aromatic nitrogens is 1. The lowest BCUT2D eigenvalue weighted by atomic mass is 10.1. The molecule has 1 aromatic heterocycles. The van der Waals surface area contributed by atoms with Gasteiger partial charge in [-0.1, -0.05) is 18.2 Å². The Kier molecular flexibility index (Phi) is 5.78. The molecule has 0 aliphatic rings. The molecule has 0 aliphatic carbocycles. The first-order chi connectivity index (χ1) is 13.4. The van der Waals surface area contributed by atoms with E-state index in [1.807, 2.05) is 36.5 Å². The average Bonchev–Trinajstić information content (AvgIpc) is 3.08. The molecule has 0 bridgehead atoms. The minimum Gasteiger partial charge on any atom is -0.361 e. The topological polar surface area (TPSA) is 106 Å². The van der Waals surface area contributed by atoms with Gasteiger partial charge in [0.15, 0.2) is 0 Å². The lowest BCUT2D eigenvalue weighted by Gasteiger charge is -2.19. The van der Waals surface area contributed by atoms with Gasteiger partial charge < -0.3 is 10.3 Å². The summed E-state index contributed by atoms with van der Waals surface area (Å²) in [5.41, 5.74) is 2.97. The lowest BCUT2D eigenvalue weighted by molar-refractivity contribution is -0.116. The van der Waals surface area contributed by atoms with Gasteiger partial charge >= 0.3 is 0 Å². The molecule has 0 unspecified atom stereocenters. The van der Waals surface area contributed by atoms with Crippen LogP contribution < -0.4 is 5.32 Å². The quantitative estimate of drug-likeness (QED) is 0.640. The first-order valence-corrected chi connectivity index (χ1v) is 10.5. The molecule has 7 nitrogen and oxygen atoms in total. The number of amides is 1. The molecule has 3 rings (SSSR count). The molecule has 0 saturated heterocycles. The molecular formula is C20H20N4O3S. The monoisotopic (exact) mass is 396 g/mol. The number of H-pyrrole nitrogens is 1. The Morgan fingerprint density at radius 1 is 1.18 bits per heavy atom. The summed E-state index contributed by atoms with van der Waals surface area (Å²) in [5, 5.41) is 12.5. The lowest BCUT2D eigenvalue weighted by Crippen LogP contribution is -2.38. The van der Waals surface area contributed by atoms with Crippen LogP contribution in [-0.2, 0) is 21.2 Å². The van der Waals surface area contributed by atoms with E-state index in [1.54, 1.807) is 24.3 Å². The maximum atomic E-state index is 12.3. The Bertz CT molecular complexity index is 1130. The smallest absolute Gasteiger partial charge is 0.239 e. The summed E-state index contributed by atoms with van der Waals surface area (Å²) in [7, 11) is -3.55. The molecule has 0 spiro atoms. The molecule has 1 amide bonds. The summed E-state index contributed by atoms with van der Waals surface area (Å²) in [4.78, 5) is 15.5. The predicted molar refractivity (Wildman–Crippen MR) is 108 cm³/mol. The molecule has 28 heavy (non-hydrogen) atoms. The second-order valence-electron chi connectivity index (χ2n) is 6.44. The summed E-state index contributed by atoms with van der Waals surface area (Å²) >= 11 is 0. The summed E-state index contributed by atoms with van der Waals surface area (Å²) < 4.78 is 25.4. The number of para-hydroxylation sites is 1. The van der Waals surface area contributed by atoms with Crippen molar-refractivity contribution in [1.82, 2.24) is 9.29 Å². The highest BCUT2D eigenvalue weighted by Crippen LogP contribution is 2.18. The SMILES string of the molecule is CS(=O)(=O)N(CCc1c[nH]c2ccccc12)CC(=O)Nc1ccc(C#N)cc1. The number of carbonyl (C=O) groups is 1. The normalized spacial score (nSPS) is 11.5. The highest BCUT2D eigenvalue weighted by molar-refractivity contribution is 7.88. The van der Waals surface area contributed by atoms with Crippen molar-refractivity contribution < 1.29 is 13.2 Å². The van der Waals surface area contributed by atoms with Gasteiger partial charge in [-0.15, -0.1) is 0 Å². The zero-order chi connectivity index (χ0) is 20.1. The van der Waals surface area contributed by atoms with E-state index in [4.69, 9.17) is 5.26 Å². The van der Waals surface area contributed by atoms with Crippen LogP contribution in [0.2, 0.25) is 0 Å². The van der Waals surface area contributed by atoms with E-state index in [-0.39, 0.29) is 13.1 Å². The highest BCUT2D eigenvalue weighted by Gasteiger charge is 2.20. The number of nitrogens with one attached hydrogen (secondary N) is 2. The minimum atomic E-state index is -3.55. The van der Waals surface area contributed by atoms with Crippen LogP contribution in [0.15, 0.2) is 54.7 Å². The number of nitriles is 1. The summed E-state index contributed by atoms with van der Waals surface area (Å²) in [6, 6.07) is 16.2. The van der Waals surface area contributed by atoms with Gasteiger partial charge in [0.05, 0.1) is 24.4 Å². The van der Waals surface area contributed by atoms with E-state index >= 15 is 0 Å². The molecule has 0 fully saturated rings. The first-order valence-electron chi connectivity index (χ1n) is 8.67. The van der Waals surface area contributed by atoms with Gasteiger partial charge in [-0.05, 0) is 42.3 Å². The summed E-state index contributed by atoms with van der Waals surface area (Å²) in [5.74, 6) is -0.436. The van der Waals surface area contributed by atoms with Crippen LogP contribution in [0.25, 0.3) is 10.9 Å². The number of carbonyl (C=O) groups excluding carboxylic acids is 1. The van der Waals surface area contributed by atoms with Gasteiger partial charge in [-0.2, -0.15) is 9.57 Å². The molecule has 0 radical (unpaired) electrons. The zero-order valence-corrected chi connectivity index (χ0v) is 16.2. The van der Waals surface area contributed by atoms with Gasteiger partial charge in [-0.3, -0.25) is 4.79 Å². The number of aromatic amines is 1. The molecule has 0 saturated carbocycles. The largest absolute Gasteiger partial charge is 0.361 e. The number of hydrogen-bond acceptors (Lipinski definition) is 4. The number of benzene rings is 2. The van der Waals surface area contributed by atoms with E-state index in [1.165, 1.54) is 0 Å². The summed E-state index contributed by atoms with van der Waals surface area (Å²) in [6.45, 7) is -0.0807. The summed E-state index contributed by atoms with van der Waals surface area (Å²) in [6.07, 6.45) is 3.44. The molecule has 8 heteroatoms. The van der Waals surface area contributed by atoms with Crippen molar-refractivity contribution in [2.24, 2.45) is 0 Å². The minimum absolute atomic E-state index is 0.196. The third-order valence-electron chi connectivity index (χ3n) is 4.39. The molecule has 2 N–H and O–H groups in total. The maximum absolute atomic E-state index is 12.3. The van der Waals surface area contributed by atoms with Crippen molar-refractivity contribution in [3.63, 3.8) is 0 Å². The van der Waals surface area contributed by atoms with Crippen LogP contribution in [0.5, 0.6) is 0 Å². The maximum Gasteiger partial charge on any atom is 0.239 e. The van der Waals surface area contributed by atoms with Gasteiger partial charge in [0, 0.05) is 29.3 Å². The Morgan fingerprint density at radius 2 is 1.89 bits per heavy atom. The molecular weight excluding hydrogens is 376 g/mol. The standard InChI is InChI=1S/C20H20N4O3S/c1-28(26,27)24(11-10-16-13-22-19-5-3-2-4-18(16)19)14-20(25)23-17-8-6-15(12-21)7-9-17/h2-9,13,22H,10-11,14H2,1H3,(H,23,25). The van der Waals surface area contributed by atoms with Crippen molar-refractivity contribution in [3.8, 4) is 6.07 Å². The zero-order valence-electron chi connectivity index (χ0n) is 15.3. The van der Waals surface area contributed by atoms with Crippen LogP contribution in [0.1, 0.15) is 11.1 Å². The molecule has 144 valence electrons. The Labute approximate surface area is 163 Å². The number of sulfonamides is 1. The van der Waals surface area contributed by atoms with Gasteiger partial charge in [-0.25, -0.2) is 8.42 Å². The van der Waals surface area contributed by atoms with Crippen molar-refractivity contribution in [3.05, 3.63) is 65.9 Å². The van der Waals surface area contributed by atoms with Gasteiger partial charge in [0.2, 0.25) is 15.9 Å². The third-order valence-corrected chi connectivity index (χ3v) is 5.64. The molecule has 3 aromatic rings. The van der Waals surface area contributed by atoms with Crippen LogP contribution >= 0.6 is 0 Å². The van der Waals surface area contributed by atoms with Crippen LogP contribution in [0, 0.1) is 11.3 Å². The van der Waals surface area contributed by atoms with E-state index in [9.17, 15) is 13.2 Å². The molecule has 0 atom stereocenters. The third kappa shape index (κ3) is 4.76. The van der Waals surface area contributed by atoms with Crippen molar-refractivity contribution in [2.45, 2.75) is 6.42 Å². The number of nitrogens with zero attached hydrogens (tertiary/aromatic N) is 2. The van der Waals surface area contributed by atoms with Crippen LogP contribution in [0.3, 0.4) is 0 Å². The van der Waals surface area contributed by atoms with Gasteiger partial charge in [0.1, 0.15) is 0 Å². The van der Waals surface area contributed by atoms with Crippen molar-refractivity contribution in [2.75, 3.05) is 24.7 Å². The fourth-order valence-electron chi connectivity index (χ4n) is 2.93. The molecule has 0 aliphatic heterocycles. The second-order valence-corrected chi connectivity index (χ2v) is 8.43. The highest BCUT2D eigenvalue weighted by atomic mass is 32.2. The van der Waals surface area contributed by atoms with E-state index in [2.05, 4.69) is 10.3 Å².